The molecule has 0 bridgehead atoms. The van der Waals surface area contributed by atoms with Gasteiger partial charge in [0.25, 0.3) is 11.7 Å². The second-order valence-corrected chi connectivity index (χ2v) is 6.20. The molecule has 0 saturated carbocycles. The SMILES string of the molecule is C[C@@H](OC(=O)c1cccc(C#N)c1)C(=O)Nc1ccc(SC(F)F)cc1. The number of nitriles is 1. The molecule has 0 aliphatic rings. The van der Waals surface area contributed by atoms with Gasteiger partial charge < -0.3 is 10.1 Å². The minimum atomic E-state index is -2.52. The van der Waals surface area contributed by atoms with Crippen LogP contribution in [-0.2, 0) is 9.53 Å². The second-order valence-electron chi connectivity index (χ2n) is 5.13. The van der Waals surface area contributed by atoms with Gasteiger partial charge in [-0.1, -0.05) is 17.8 Å². The van der Waals surface area contributed by atoms with Crippen LogP contribution in [0.15, 0.2) is 53.4 Å². The van der Waals surface area contributed by atoms with Crippen molar-refractivity contribution in [2.75, 3.05) is 5.32 Å². The van der Waals surface area contributed by atoms with Gasteiger partial charge in [0, 0.05) is 10.6 Å². The second kappa shape index (κ2) is 8.97. The number of alkyl halides is 2. The van der Waals surface area contributed by atoms with E-state index in [0.717, 1.165) is 0 Å². The minimum absolute atomic E-state index is 0.164. The Hall–Kier alpha value is -2.92. The molecule has 0 heterocycles. The summed E-state index contributed by atoms with van der Waals surface area (Å²) >= 11 is 0.403. The molecule has 0 saturated heterocycles. The summed E-state index contributed by atoms with van der Waals surface area (Å²) in [5.41, 5.74) is 0.860. The highest BCUT2D eigenvalue weighted by Crippen LogP contribution is 2.26. The number of hydrogen-bond donors (Lipinski definition) is 1. The quantitative estimate of drug-likeness (QED) is 0.608. The van der Waals surface area contributed by atoms with Crippen LogP contribution in [0.25, 0.3) is 0 Å². The van der Waals surface area contributed by atoms with Crippen molar-refractivity contribution >= 4 is 29.3 Å². The molecule has 0 aliphatic heterocycles. The van der Waals surface area contributed by atoms with E-state index >= 15 is 0 Å². The van der Waals surface area contributed by atoms with Crippen molar-refractivity contribution in [2.45, 2.75) is 23.7 Å². The molecule has 0 unspecified atom stereocenters. The van der Waals surface area contributed by atoms with Gasteiger partial charge in [0.15, 0.2) is 6.10 Å². The molecule has 2 aromatic rings. The molecule has 0 fully saturated rings. The van der Waals surface area contributed by atoms with E-state index in [1.165, 1.54) is 43.3 Å². The van der Waals surface area contributed by atoms with E-state index in [9.17, 15) is 18.4 Å². The molecule has 0 aliphatic carbocycles. The Morgan fingerprint density at radius 3 is 2.50 bits per heavy atom. The number of anilines is 1. The molecule has 1 N–H and O–H groups in total. The lowest BCUT2D eigenvalue weighted by Crippen LogP contribution is -2.30. The van der Waals surface area contributed by atoms with E-state index in [1.54, 1.807) is 12.1 Å². The van der Waals surface area contributed by atoms with Crippen LogP contribution >= 0.6 is 11.8 Å². The van der Waals surface area contributed by atoms with Crippen LogP contribution in [0.3, 0.4) is 0 Å². The maximum absolute atomic E-state index is 12.3. The Bertz CT molecular complexity index is 835. The number of esters is 1. The van der Waals surface area contributed by atoms with Crippen molar-refractivity contribution in [3.8, 4) is 6.07 Å². The average molecular weight is 376 g/mol. The monoisotopic (exact) mass is 376 g/mol. The molecule has 2 rings (SSSR count). The van der Waals surface area contributed by atoms with E-state index in [2.05, 4.69) is 5.32 Å². The summed E-state index contributed by atoms with van der Waals surface area (Å²) in [6.07, 6.45) is -1.08. The van der Waals surface area contributed by atoms with Crippen LogP contribution in [0.2, 0.25) is 0 Å². The Kier molecular flexibility index (Phi) is 6.69. The molecule has 0 spiro atoms. The first-order valence-corrected chi connectivity index (χ1v) is 8.34. The van der Waals surface area contributed by atoms with Gasteiger partial charge in [0.05, 0.1) is 17.2 Å². The third-order valence-electron chi connectivity index (χ3n) is 3.23. The predicted octanol–water partition coefficient (Wildman–Crippen LogP) is 4.06. The van der Waals surface area contributed by atoms with Crippen LogP contribution in [0.5, 0.6) is 0 Å². The number of hydrogen-bond acceptors (Lipinski definition) is 5. The summed E-state index contributed by atoms with van der Waals surface area (Å²) < 4.78 is 29.6. The van der Waals surface area contributed by atoms with Crippen LogP contribution < -0.4 is 5.32 Å². The van der Waals surface area contributed by atoms with E-state index in [-0.39, 0.29) is 5.56 Å². The lowest BCUT2D eigenvalue weighted by molar-refractivity contribution is -0.123. The summed E-state index contributed by atoms with van der Waals surface area (Å²) in [6.45, 7) is 1.41. The molecule has 1 atom stereocenters. The maximum atomic E-state index is 12.3. The fourth-order valence-corrected chi connectivity index (χ4v) is 2.46. The van der Waals surface area contributed by atoms with Crippen LogP contribution in [0.4, 0.5) is 14.5 Å². The zero-order valence-electron chi connectivity index (χ0n) is 13.6. The first kappa shape index (κ1) is 19.4. The lowest BCUT2D eigenvalue weighted by Gasteiger charge is -2.14. The van der Waals surface area contributed by atoms with Crippen molar-refractivity contribution in [1.82, 2.24) is 0 Å². The van der Waals surface area contributed by atoms with Gasteiger partial charge in [-0.25, -0.2) is 4.79 Å². The number of ether oxygens (including phenoxy) is 1. The number of benzene rings is 2. The molecule has 0 aromatic heterocycles. The summed E-state index contributed by atoms with van der Waals surface area (Å²) in [5.74, 6) is -3.81. The normalized spacial score (nSPS) is 11.5. The summed E-state index contributed by atoms with van der Waals surface area (Å²) in [7, 11) is 0. The van der Waals surface area contributed by atoms with Gasteiger partial charge >= 0.3 is 5.97 Å². The summed E-state index contributed by atoms with van der Waals surface area (Å²) in [5, 5.41) is 11.4. The molecular formula is C18H14F2N2O3S. The molecule has 2 aromatic carbocycles. The van der Waals surface area contributed by atoms with E-state index in [0.29, 0.717) is 27.9 Å². The zero-order chi connectivity index (χ0) is 19.1. The maximum Gasteiger partial charge on any atom is 0.338 e. The van der Waals surface area contributed by atoms with Gasteiger partial charge in [0.2, 0.25) is 0 Å². The van der Waals surface area contributed by atoms with Gasteiger partial charge in [-0.05, 0) is 49.4 Å². The fraction of sp³-hybridized carbons (Fsp3) is 0.167. The van der Waals surface area contributed by atoms with Crippen LogP contribution in [0, 0.1) is 11.3 Å². The van der Waals surface area contributed by atoms with E-state index in [4.69, 9.17) is 10.00 Å². The van der Waals surface area contributed by atoms with Crippen LogP contribution in [0.1, 0.15) is 22.8 Å². The number of thioether (sulfide) groups is 1. The number of amides is 1. The Morgan fingerprint density at radius 1 is 1.19 bits per heavy atom. The molecule has 0 radical (unpaired) electrons. The molecule has 134 valence electrons. The van der Waals surface area contributed by atoms with E-state index < -0.39 is 23.7 Å². The van der Waals surface area contributed by atoms with Crippen molar-refractivity contribution in [1.29, 1.82) is 5.26 Å². The highest BCUT2D eigenvalue weighted by molar-refractivity contribution is 7.99. The van der Waals surface area contributed by atoms with Crippen molar-refractivity contribution < 1.29 is 23.1 Å². The number of carbonyl (C=O) groups is 2. The molecule has 8 heteroatoms. The van der Waals surface area contributed by atoms with Crippen molar-refractivity contribution in [2.24, 2.45) is 0 Å². The Labute approximate surface area is 153 Å². The molecule has 1 amide bonds. The number of nitrogens with one attached hydrogen (secondary N) is 1. The Balaban J connectivity index is 1.94. The third kappa shape index (κ3) is 5.57. The van der Waals surface area contributed by atoms with E-state index in [1.807, 2.05) is 6.07 Å². The standard InChI is InChI=1S/C18H14F2N2O3S/c1-11(25-17(24)13-4-2-3-12(9-13)10-21)16(23)22-14-5-7-15(8-6-14)26-18(19)20/h2-9,11,18H,1H3,(H,22,23)/t11-/m1/s1. The predicted molar refractivity (Wildman–Crippen MR) is 93.0 cm³/mol. The molecule has 5 nitrogen and oxygen atoms in total. The lowest BCUT2D eigenvalue weighted by atomic mass is 10.1. The fourth-order valence-electron chi connectivity index (χ4n) is 1.96. The number of nitrogens with zero attached hydrogens (tertiary/aromatic N) is 1. The number of rotatable bonds is 6. The minimum Gasteiger partial charge on any atom is -0.449 e. The largest absolute Gasteiger partial charge is 0.449 e. The Morgan fingerprint density at radius 2 is 1.88 bits per heavy atom. The van der Waals surface area contributed by atoms with Gasteiger partial charge in [-0.3, -0.25) is 4.79 Å². The number of carbonyl (C=O) groups excluding carboxylic acids is 2. The summed E-state index contributed by atoms with van der Waals surface area (Å²) in [4.78, 5) is 24.5. The summed E-state index contributed by atoms with van der Waals surface area (Å²) in [6, 6.07) is 13.7. The third-order valence-corrected chi connectivity index (χ3v) is 3.95. The smallest absolute Gasteiger partial charge is 0.338 e. The first-order chi connectivity index (χ1) is 12.4. The highest BCUT2D eigenvalue weighted by atomic mass is 32.2. The van der Waals surface area contributed by atoms with Crippen molar-refractivity contribution in [3.05, 3.63) is 59.7 Å². The number of halogens is 2. The van der Waals surface area contributed by atoms with Gasteiger partial charge in [-0.15, -0.1) is 0 Å². The first-order valence-electron chi connectivity index (χ1n) is 7.46. The van der Waals surface area contributed by atoms with Gasteiger partial charge in [-0.2, -0.15) is 14.0 Å². The van der Waals surface area contributed by atoms with Gasteiger partial charge in [0.1, 0.15) is 0 Å². The molecule has 26 heavy (non-hydrogen) atoms. The van der Waals surface area contributed by atoms with Crippen LogP contribution in [-0.4, -0.2) is 23.7 Å². The average Bonchev–Trinajstić information content (AvgIpc) is 2.62. The molecular weight excluding hydrogens is 362 g/mol. The van der Waals surface area contributed by atoms with Crippen molar-refractivity contribution in [3.63, 3.8) is 0 Å². The zero-order valence-corrected chi connectivity index (χ0v) is 14.4. The topological polar surface area (TPSA) is 79.2 Å². The highest BCUT2D eigenvalue weighted by Gasteiger charge is 2.19.